The Bertz CT molecular complexity index is 183. The number of hydrogen-bond donors (Lipinski definition) is 1. The van der Waals surface area contributed by atoms with Crippen molar-refractivity contribution in [1.29, 1.82) is 0 Å². The van der Waals surface area contributed by atoms with Crippen LogP contribution in [-0.4, -0.2) is 23.6 Å². The molecule has 1 unspecified atom stereocenters. The molecular formula is C4H7O6P-2. The van der Waals surface area contributed by atoms with Crippen LogP contribution in [0.2, 0.25) is 0 Å². The summed E-state index contributed by atoms with van der Waals surface area (Å²) < 4.78 is 13.4. The van der Waals surface area contributed by atoms with Crippen LogP contribution in [0.3, 0.4) is 0 Å². The van der Waals surface area contributed by atoms with Crippen LogP contribution in [-0.2, 0) is 13.9 Å². The highest BCUT2D eigenvalue weighted by atomic mass is 31.2. The Kier molecular flexibility index (Phi) is 3.85. The topological polar surface area (TPSA) is 110 Å². The van der Waals surface area contributed by atoms with E-state index in [9.17, 15) is 19.1 Å². The van der Waals surface area contributed by atoms with Gasteiger partial charge in [0.15, 0.2) is 5.78 Å². The molecule has 6 nitrogen and oxygen atoms in total. The van der Waals surface area contributed by atoms with Crippen LogP contribution >= 0.6 is 7.82 Å². The quantitative estimate of drug-likeness (QED) is 0.493. The van der Waals surface area contributed by atoms with E-state index in [-0.39, 0.29) is 0 Å². The van der Waals surface area contributed by atoms with Crippen molar-refractivity contribution in [2.75, 3.05) is 6.61 Å². The highest BCUT2D eigenvalue weighted by Crippen LogP contribution is 2.24. The zero-order valence-corrected chi connectivity index (χ0v) is 6.61. The Balaban J connectivity index is 3.72. The predicted molar refractivity (Wildman–Crippen MR) is 30.2 cm³/mol. The molecule has 0 bridgehead atoms. The summed E-state index contributed by atoms with van der Waals surface area (Å²) in [4.78, 5) is 29.8. The van der Waals surface area contributed by atoms with Crippen LogP contribution in [0.4, 0.5) is 0 Å². The maximum absolute atomic E-state index is 10.2. The summed E-state index contributed by atoms with van der Waals surface area (Å²) in [5.41, 5.74) is 0. The molecule has 0 fully saturated rings. The Morgan fingerprint density at radius 1 is 1.73 bits per heavy atom. The van der Waals surface area contributed by atoms with E-state index in [1.54, 1.807) is 0 Å². The van der Waals surface area contributed by atoms with Gasteiger partial charge in [0, 0.05) is 0 Å². The molecule has 0 radical (unpaired) electrons. The third-order valence-corrected chi connectivity index (χ3v) is 1.33. The number of aliphatic hydroxyl groups excluding tert-OH is 1. The van der Waals surface area contributed by atoms with Gasteiger partial charge in [-0.1, -0.05) is 0 Å². The van der Waals surface area contributed by atoms with Crippen molar-refractivity contribution >= 4 is 13.6 Å². The fourth-order valence-electron chi connectivity index (χ4n) is 0.279. The van der Waals surface area contributed by atoms with Gasteiger partial charge in [-0.15, -0.1) is 0 Å². The van der Waals surface area contributed by atoms with Crippen molar-refractivity contribution in [2.24, 2.45) is 0 Å². The average Bonchev–Trinajstić information content (AvgIpc) is 1.80. The zero-order valence-electron chi connectivity index (χ0n) is 5.72. The fourth-order valence-corrected chi connectivity index (χ4v) is 0.603. The van der Waals surface area contributed by atoms with E-state index in [0.29, 0.717) is 0 Å². The van der Waals surface area contributed by atoms with Crippen molar-refractivity contribution in [2.45, 2.75) is 13.0 Å². The van der Waals surface area contributed by atoms with E-state index in [2.05, 4.69) is 4.52 Å². The molecule has 0 aliphatic heterocycles. The lowest BCUT2D eigenvalue weighted by molar-refractivity contribution is -0.342. The number of carbonyl (C=O) groups is 1. The Labute approximate surface area is 63.0 Å². The van der Waals surface area contributed by atoms with Gasteiger partial charge in [0.2, 0.25) is 0 Å². The molecule has 0 rings (SSSR count). The van der Waals surface area contributed by atoms with E-state index >= 15 is 0 Å². The third kappa shape index (κ3) is 6.15. The fraction of sp³-hybridized carbons (Fsp3) is 0.750. The van der Waals surface area contributed by atoms with Crippen molar-refractivity contribution in [1.82, 2.24) is 0 Å². The Morgan fingerprint density at radius 3 is 2.45 bits per heavy atom. The van der Waals surface area contributed by atoms with Gasteiger partial charge in [-0.3, -0.25) is 4.79 Å². The standard InChI is InChI=1S/C4H9O6P/c1-3(5)4(6)2-10-11(7,8)9/h4,6H,2H2,1H3,(H2,7,8,9)/p-2. The average molecular weight is 182 g/mol. The minimum atomic E-state index is -5.07. The van der Waals surface area contributed by atoms with E-state index < -0.39 is 26.3 Å². The lowest BCUT2D eigenvalue weighted by Gasteiger charge is -2.29. The van der Waals surface area contributed by atoms with Crippen LogP contribution in [0, 0.1) is 0 Å². The summed E-state index contributed by atoms with van der Waals surface area (Å²) in [5, 5.41) is 8.62. The smallest absolute Gasteiger partial charge is 0.160 e. The third-order valence-electron chi connectivity index (χ3n) is 0.860. The molecule has 0 aliphatic carbocycles. The monoisotopic (exact) mass is 182 g/mol. The Morgan fingerprint density at radius 2 is 2.18 bits per heavy atom. The summed E-state index contributed by atoms with van der Waals surface area (Å²) in [7, 11) is -5.07. The van der Waals surface area contributed by atoms with Crippen LogP contribution in [0.5, 0.6) is 0 Å². The molecule has 0 saturated carbocycles. The van der Waals surface area contributed by atoms with Crippen LogP contribution < -0.4 is 9.79 Å². The number of carbonyl (C=O) groups excluding carboxylic acids is 1. The van der Waals surface area contributed by atoms with E-state index in [1.807, 2.05) is 0 Å². The summed E-state index contributed by atoms with van der Waals surface area (Å²) in [5.74, 6) is -0.654. The molecule has 1 atom stereocenters. The first-order valence-corrected chi connectivity index (χ1v) is 4.14. The lowest BCUT2D eigenvalue weighted by atomic mass is 10.3. The summed E-state index contributed by atoms with van der Waals surface area (Å²) in [6, 6.07) is 0. The first kappa shape index (κ1) is 10.7. The van der Waals surface area contributed by atoms with Gasteiger partial charge >= 0.3 is 0 Å². The van der Waals surface area contributed by atoms with Crippen LogP contribution in [0.15, 0.2) is 0 Å². The summed E-state index contributed by atoms with van der Waals surface area (Å²) in [6.07, 6.45) is -1.55. The van der Waals surface area contributed by atoms with Crippen molar-refractivity contribution in [3.8, 4) is 0 Å². The second-order valence-electron chi connectivity index (χ2n) is 1.87. The van der Waals surface area contributed by atoms with Crippen molar-refractivity contribution in [3.63, 3.8) is 0 Å². The molecule has 7 heteroatoms. The number of phosphoric ester groups is 1. The molecular weight excluding hydrogens is 175 g/mol. The SMILES string of the molecule is CC(=O)C(O)COP(=O)([O-])[O-]. The number of ketones is 1. The highest BCUT2D eigenvalue weighted by molar-refractivity contribution is 7.43. The molecule has 0 heterocycles. The molecule has 0 spiro atoms. The van der Waals surface area contributed by atoms with Gasteiger partial charge in [0.25, 0.3) is 0 Å². The van der Waals surface area contributed by atoms with E-state index in [1.165, 1.54) is 0 Å². The van der Waals surface area contributed by atoms with Gasteiger partial charge in [-0.05, 0) is 6.92 Å². The summed E-state index contributed by atoms with van der Waals surface area (Å²) in [6.45, 7) is 0.244. The van der Waals surface area contributed by atoms with Crippen LogP contribution in [0.25, 0.3) is 0 Å². The first-order valence-electron chi connectivity index (χ1n) is 2.68. The van der Waals surface area contributed by atoms with Gasteiger partial charge in [0.05, 0.1) is 14.4 Å². The normalized spacial score (nSPS) is 14.5. The minimum absolute atomic E-state index is 0.654. The van der Waals surface area contributed by atoms with Gasteiger partial charge in [0.1, 0.15) is 6.10 Å². The zero-order chi connectivity index (χ0) is 9.07. The number of Topliss-reactive ketones (excluding diaryl/α,β-unsaturated/α-hetero) is 1. The van der Waals surface area contributed by atoms with Gasteiger partial charge in [-0.2, -0.15) is 0 Å². The molecule has 0 aliphatic rings. The van der Waals surface area contributed by atoms with Crippen molar-refractivity contribution < 1.29 is 28.8 Å². The van der Waals surface area contributed by atoms with E-state index in [0.717, 1.165) is 6.92 Å². The van der Waals surface area contributed by atoms with Crippen molar-refractivity contribution in [3.05, 3.63) is 0 Å². The lowest BCUT2D eigenvalue weighted by Crippen LogP contribution is -2.26. The van der Waals surface area contributed by atoms with E-state index in [4.69, 9.17) is 5.11 Å². The second-order valence-corrected chi connectivity index (χ2v) is 3.02. The number of hydrogen-bond acceptors (Lipinski definition) is 6. The molecule has 66 valence electrons. The molecule has 0 aromatic rings. The minimum Gasteiger partial charge on any atom is -0.790 e. The van der Waals surface area contributed by atoms with Crippen LogP contribution in [0.1, 0.15) is 6.92 Å². The number of aliphatic hydroxyl groups is 1. The molecule has 0 amide bonds. The number of rotatable bonds is 4. The maximum atomic E-state index is 10.2. The highest BCUT2D eigenvalue weighted by Gasteiger charge is 2.09. The molecule has 0 aromatic heterocycles. The van der Waals surface area contributed by atoms with Gasteiger partial charge in [-0.25, -0.2) is 0 Å². The molecule has 0 saturated heterocycles. The molecule has 0 aromatic carbocycles. The van der Waals surface area contributed by atoms with Gasteiger partial charge < -0.3 is 24.0 Å². The molecule has 1 N–H and O–H groups in total. The Hall–Kier alpha value is -0.260. The first-order chi connectivity index (χ1) is 4.83. The maximum Gasteiger partial charge on any atom is 0.160 e. The summed E-state index contributed by atoms with van der Waals surface area (Å²) >= 11 is 0. The molecule has 11 heavy (non-hydrogen) atoms. The number of phosphoric acid groups is 1. The predicted octanol–water partition coefficient (Wildman–Crippen LogP) is -2.22. The largest absolute Gasteiger partial charge is 0.790 e. The second kappa shape index (κ2) is 3.94.